The molecule has 1 N–H and O–H groups in total. The quantitative estimate of drug-likeness (QED) is 0.687. The number of urea groups is 1. The van der Waals surface area contributed by atoms with Gasteiger partial charge >= 0.3 is 6.03 Å². The van der Waals surface area contributed by atoms with Crippen molar-refractivity contribution in [1.82, 2.24) is 20.4 Å². The number of imide groups is 1. The molecule has 2 aromatic carbocycles. The van der Waals surface area contributed by atoms with Gasteiger partial charge < -0.3 is 9.84 Å². The second-order valence-electron chi connectivity index (χ2n) is 6.47. The molecular weight excluding hydrogens is 363 g/mol. The van der Waals surface area contributed by atoms with Gasteiger partial charge in [-0.3, -0.25) is 9.69 Å². The van der Waals surface area contributed by atoms with Crippen LogP contribution >= 0.6 is 0 Å². The summed E-state index contributed by atoms with van der Waals surface area (Å²) in [6.07, 6.45) is 0.321. The molecule has 3 amide bonds. The standard InChI is InChI=1S/C20H17FN4O3/c1-2-20(14-8-10-15(21)11-9-14)18(26)25(19(27)23-20)12-16-22-17(28-24-16)13-6-4-3-5-7-13/h3-11H,2,12H2,1H3,(H,23,27). The Kier molecular flexibility index (Phi) is 4.38. The molecule has 2 heterocycles. The molecule has 0 aliphatic carbocycles. The van der Waals surface area contributed by atoms with Crippen LogP contribution in [0.4, 0.5) is 9.18 Å². The third-order valence-corrected chi connectivity index (χ3v) is 4.83. The molecule has 1 unspecified atom stereocenters. The second kappa shape index (κ2) is 6.88. The monoisotopic (exact) mass is 380 g/mol. The van der Waals surface area contributed by atoms with Gasteiger partial charge in [-0.05, 0) is 36.2 Å². The Balaban J connectivity index is 1.59. The molecule has 4 rings (SSSR count). The van der Waals surface area contributed by atoms with Gasteiger partial charge in [-0.25, -0.2) is 9.18 Å². The Bertz CT molecular complexity index is 1020. The first-order chi connectivity index (χ1) is 13.5. The van der Waals surface area contributed by atoms with Crippen LogP contribution in [-0.2, 0) is 16.9 Å². The number of carbonyl (C=O) groups excluding carboxylic acids is 2. The van der Waals surface area contributed by atoms with E-state index in [1.54, 1.807) is 6.92 Å². The molecule has 0 bridgehead atoms. The number of aromatic nitrogens is 2. The first-order valence-electron chi connectivity index (χ1n) is 8.81. The van der Waals surface area contributed by atoms with Crippen LogP contribution in [0.25, 0.3) is 11.5 Å². The number of hydrogen-bond acceptors (Lipinski definition) is 5. The number of benzene rings is 2. The summed E-state index contributed by atoms with van der Waals surface area (Å²) in [7, 11) is 0. The van der Waals surface area contributed by atoms with E-state index in [0.29, 0.717) is 17.9 Å². The molecule has 7 nitrogen and oxygen atoms in total. The zero-order valence-corrected chi connectivity index (χ0v) is 15.1. The lowest BCUT2D eigenvalue weighted by Crippen LogP contribution is -2.43. The molecule has 0 spiro atoms. The maximum Gasteiger partial charge on any atom is 0.325 e. The van der Waals surface area contributed by atoms with Crippen LogP contribution in [0.5, 0.6) is 0 Å². The summed E-state index contributed by atoms with van der Waals surface area (Å²) >= 11 is 0. The number of amides is 3. The SMILES string of the molecule is CCC1(c2ccc(F)cc2)NC(=O)N(Cc2noc(-c3ccccc3)n2)C1=O. The Labute approximate surface area is 160 Å². The molecular formula is C20H17FN4O3. The lowest BCUT2D eigenvalue weighted by molar-refractivity contribution is -0.132. The van der Waals surface area contributed by atoms with E-state index in [0.717, 1.165) is 10.5 Å². The average molecular weight is 380 g/mol. The van der Waals surface area contributed by atoms with Crippen LogP contribution in [0.3, 0.4) is 0 Å². The van der Waals surface area contributed by atoms with E-state index in [1.165, 1.54) is 24.3 Å². The lowest BCUT2D eigenvalue weighted by Gasteiger charge is -2.25. The third kappa shape index (κ3) is 2.92. The molecule has 0 radical (unpaired) electrons. The molecule has 1 saturated heterocycles. The molecule has 142 valence electrons. The predicted molar refractivity (Wildman–Crippen MR) is 97.2 cm³/mol. The minimum Gasteiger partial charge on any atom is -0.334 e. The molecule has 8 heteroatoms. The highest BCUT2D eigenvalue weighted by molar-refractivity contribution is 6.07. The van der Waals surface area contributed by atoms with Gasteiger partial charge in [0.05, 0.1) is 6.54 Å². The summed E-state index contributed by atoms with van der Waals surface area (Å²) in [5.41, 5.74) is 0.0274. The first-order valence-corrected chi connectivity index (χ1v) is 8.81. The van der Waals surface area contributed by atoms with Gasteiger partial charge in [0.1, 0.15) is 11.4 Å². The predicted octanol–water partition coefficient (Wildman–Crippen LogP) is 3.23. The van der Waals surface area contributed by atoms with E-state index >= 15 is 0 Å². The number of carbonyl (C=O) groups is 2. The van der Waals surface area contributed by atoms with E-state index in [9.17, 15) is 14.0 Å². The number of rotatable bonds is 5. The minimum atomic E-state index is -1.24. The van der Waals surface area contributed by atoms with Crippen molar-refractivity contribution in [1.29, 1.82) is 0 Å². The smallest absolute Gasteiger partial charge is 0.325 e. The minimum absolute atomic E-state index is 0.121. The highest BCUT2D eigenvalue weighted by atomic mass is 19.1. The van der Waals surface area contributed by atoms with E-state index < -0.39 is 23.3 Å². The van der Waals surface area contributed by atoms with Crippen molar-refractivity contribution in [2.24, 2.45) is 0 Å². The first kappa shape index (κ1) is 17.8. The van der Waals surface area contributed by atoms with Crippen molar-refractivity contribution in [3.63, 3.8) is 0 Å². The zero-order valence-electron chi connectivity index (χ0n) is 15.1. The van der Waals surface area contributed by atoms with Crippen molar-refractivity contribution < 1.29 is 18.5 Å². The third-order valence-electron chi connectivity index (χ3n) is 4.83. The van der Waals surface area contributed by atoms with Gasteiger partial charge in [-0.15, -0.1) is 0 Å². The second-order valence-corrected chi connectivity index (χ2v) is 6.47. The maximum absolute atomic E-state index is 13.3. The van der Waals surface area contributed by atoms with E-state index in [2.05, 4.69) is 15.5 Å². The molecule has 1 aliphatic heterocycles. The summed E-state index contributed by atoms with van der Waals surface area (Å²) in [5, 5.41) is 6.61. The van der Waals surface area contributed by atoms with Gasteiger partial charge in [0.2, 0.25) is 0 Å². The van der Waals surface area contributed by atoms with Gasteiger partial charge in [0.15, 0.2) is 5.82 Å². The maximum atomic E-state index is 13.3. The van der Waals surface area contributed by atoms with Gasteiger partial charge in [-0.2, -0.15) is 4.98 Å². The summed E-state index contributed by atoms with van der Waals surface area (Å²) in [5.74, 6) is -0.321. The zero-order chi connectivity index (χ0) is 19.7. The summed E-state index contributed by atoms with van der Waals surface area (Å²) in [4.78, 5) is 30.9. The van der Waals surface area contributed by atoms with Crippen molar-refractivity contribution >= 4 is 11.9 Å². The number of nitrogens with zero attached hydrogens (tertiary/aromatic N) is 3. The molecule has 28 heavy (non-hydrogen) atoms. The molecule has 1 fully saturated rings. The van der Waals surface area contributed by atoms with E-state index in [1.807, 2.05) is 30.3 Å². The van der Waals surface area contributed by atoms with Crippen molar-refractivity contribution in [2.45, 2.75) is 25.4 Å². The normalized spacial score (nSPS) is 19.1. The Morgan fingerprint density at radius 2 is 1.82 bits per heavy atom. The summed E-state index contributed by atoms with van der Waals surface area (Å²) < 4.78 is 18.5. The summed E-state index contributed by atoms with van der Waals surface area (Å²) in [6.45, 7) is 1.66. The van der Waals surface area contributed by atoms with Crippen molar-refractivity contribution in [3.8, 4) is 11.5 Å². The Morgan fingerprint density at radius 3 is 2.50 bits per heavy atom. The highest BCUT2D eigenvalue weighted by Gasteiger charge is 2.51. The fraction of sp³-hybridized carbons (Fsp3) is 0.200. The topological polar surface area (TPSA) is 88.3 Å². The molecule has 0 saturated carbocycles. The van der Waals surface area contributed by atoms with E-state index in [4.69, 9.17) is 4.52 Å². The summed E-state index contributed by atoms with van der Waals surface area (Å²) in [6, 6.07) is 14.2. The Hall–Kier alpha value is -3.55. The molecule has 1 aliphatic rings. The molecule has 3 aromatic rings. The largest absolute Gasteiger partial charge is 0.334 e. The van der Waals surface area contributed by atoms with Gasteiger partial charge in [0.25, 0.3) is 11.8 Å². The average Bonchev–Trinajstić information content (AvgIpc) is 3.28. The number of halogens is 1. The van der Waals surface area contributed by atoms with Gasteiger partial charge in [0, 0.05) is 5.56 Å². The molecule has 1 atom stereocenters. The number of nitrogens with one attached hydrogen (secondary N) is 1. The van der Waals surface area contributed by atoms with Crippen LogP contribution in [0, 0.1) is 5.82 Å². The van der Waals surface area contributed by atoms with Crippen LogP contribution in [-0.4, -0.2) is 27.0 Å². The number of hydrogen-bond donors (Lipinski definition) is 1. The van der Waals surface area contributed by atoms with E-state index in [-0.39, 0.29) is 12.4 Å². The van der Waals surface area contributed by atoms with Crippen LogP contribution < -0.4 is 5.32 Å². The lowest BCUT2D eigenvalue weighted by atomic mass is 9.87. The highest BCUT2D eigenvalue weighted by Crippen LogP contribution is 2.33. The van der Waals surface area contributed by atoms with Crippen LogP contribution in [0.2, 0.25) is 0 Å². The fourth-order valence-electron chi connectivity index (χ4n) is 3.30. The van der Waals surface area contributed by atoms with Crippen LogP contribution in [0.1, 0.15) is 24.7 Å². The van der Waals surface area contributed by atoms with Crippen LogP contribution in [0.15, 0.2) is 59.1 Å². The fourth-order valence-corrected chi connectivity index (χ4v) is 3.30. The van der Waals surface area contributed by atoms with Crippen molar-refractivity contribution in [3.05, 3.63) is 71.8 Å². The van der Waals surface area contributed by atoms with Gasteiger partial charge in [-0.1, -0.05) is 42.4 Å². The van der Waals surface area contributed by atoms with Crippen molar-refractivity contribution in [2.75, 3.05) is 0 Å². The Morgan fingerprint density at radius 1 is 1.11 bits per heavy atom. The molecule has 1 aromatic heterocycles.